The minimum atomic E-state index is 0.0309. The topological polar surface area (TPSA) is 32.3 Å². The minimum Gasteiger partial charge on any atom is -0.351 e. The highest BCUT2D eigenvalue weighted by atomic mass is 32.1. The van der Waals surface area contributed by atoms with Crippen molar-refractivity contribution in [3.8, 4) is 0 Å². The van der Waals surface area contributed by atoms with Gasteiger partial charge in [0.15, 0.2) is 0 Å². The predicted molar refractivity (Wildman–Crippen MR) is 64.4 cm³/mol. The number of rotatable bonds is 6. The molecule has 1 amide bonds. The van der Waals surface area contributed by atoms with Gasteiger partial charge in [0.05, 0.1) is 0 Å². The van der Waals surface area contributed by atoms with Crippen molar-refractivity contribution in [3.05, 3.63) is 22.4 Å². The summed E-state index contributed by atoms with van der Waals surface area (Å²) in [6, 6.07) is 1.84. The quantitative estimate of drug-likeness (QED) is 0.802. The van der Waals surface area contributed by atoms with Gasteiger partial charge in [-0.15, -0.1) is 0 Å². The second-order valence-electron chi connectivity index (χ2n) is 3.29. The van der Waals surface area contributed by atoms with Gasteiger partial charge in [0.1, 0.15) is 0 Å². The summed E-state index contributed by atoms with van der Waals surface area (Å²) >= 11 is 1.55. The van der Waals surface area contributed by atoms with Crippen LogP contribution in [0.4, 0.5) is 0 Å². The van der Waals surface area contributed by atoms with Gasteiger partial charge in [-0.05, 0) is 24.5 Å². The Morgan fingerprint density at radius 3 is 2.73 bits per heavy atom. The van der Waals surface area contributed by atoms with Gasteiger partial charge in [0, 0.05) is 24.0 Å². The van der Waals surface area contributed by atoms with Crippen molar-refractivity contribution in [3.63, 3.8) is 0 Å². The Hall–Kier alpha value is -0.870. The van der Waals surface area contributed by atoms with E-state index in [4.69, 9.17) is 0 Å². The van der Waals surface area contributed by atoms with E-state index in [1.54, 1.807) is 11.3 Å². The van der Waals surface area contributed by atoms with E-state index in [2.05, 4.69) is 24.1 Å². The van der Waals surface area contributed by atoms with Crippen molar-refractivity contribution in [2.45, 2.75) is 13.8 Å². The molecule has 1 N–H and O–H groups in total. The summed E-state index contributed by atoms with van der Waals surface area (Å²) in [6.45, 7) is 7.96. The van der Waals surface area contributed by atoms with Gasteiger partial charge in [-0.2, -0.15) is 11.3 Å². The first-order valence-corrected chi connectivity index (χ1v) is 6.25. The molecule has 0 spiro atoms. The lowest BCUT2D eigenvalue weighted by atomic mass is 10.3. The van der Waals surface area contributed by atoms with Crippen molar-refractivity contribution < 1.29 is 4.79 Å². The highest BCUT2D eigenvalue weighted by molar-refractivity contribution is 7.08. The van der Waals surface area contributed by atoms with E-state index in [0.717, 1.165) is 31.7 Å². The summed E-state index contributed by atoms with van der Waals surface area (Å²) in [4.78, 5) is 13.8. The predicted octanol–water partition coefficient (Wildman–Crippen LogP) is 1.82. The molecule has 0 unspecified atom stereocenters. The second kappa shape index (κ2) is 6.58. The van der Waals surface area contributed by atoms with Crippen LogP contribution in [0.25, 0.3) is 0 Å². The number of amides is 1. The Labute approximate surface area is 95.1 Å². The third kappa shape index (κ3) is 4.01. The number of thiophene rings is 1. The van der Waals surface area contributed by atoms with E-state index >= 15 is 0 Å². The number of carbonyl (C=O) groups is 1. The van der Waals surface area contributed by atoms with Crippen LogP contribution in [0.15, 0.2) is 16.8 Å². The van der Waals surface area contributed by atoms with Crippen LogP contribution in [0.1, 0.15) is 24.2 Å². The van der Waals surface area contributed by atoms with Crippen LogP contribution >= 0.6 is 11.3 Å². The molecule has 4 heteroatoms. The number of nitrogens with one attached hydrogen (secondary N) is 1. The van der Waals surface area contributed by atoms with E-state index in [1.165, 1.54) is 0 Å². The highest BCUT2D eigenvalue weighted by Crippen LogP contribution is 2.04. The van der Waals surface area contributed by atoms with Gasteiger partial charge < -0.3 is 10.2 Å². The van der Waals surface area contributed by atoms with Crippen LogP contribution in [-0.4, -0.2) is 37.0 Å². The molecule has 0 radical (unpaired) electrons. The standard InChI is InChI=1S/C11H18N2OS/c1-3-13(4-2)7-6-12-11(14)10-5-8-15-9-10/h5,8-9H,3-4,6-7H2,1-2H3,(H,12,14). The summed E-state index contributed by atoms with van der Waals surface area (Å²) in [7, 11) is 0. The van der Waals surface area contributed by atoms with E-state index in [1.807, 2.05) is 16.8 Å². The van der Waals surface area contributed by atoms with E-state index in [-0.39, 0.29) is 5.91 Å². The Morgan fingerprint density at radius 2 is 2.20 bits per heavy atom. The zero-order valence-electron chi connectivity index (χ0n) is 9.32. The number of hydrogen-bond donors (Lipinski definition) is 1. The number of hydrogen-bond acceptors (Lipinski definition) is 3. The molecule has 0 saturated heterocycles. The molecule has 1 aromatic rings. The van der Waals surface area contributed by atoms with Crippen LogP contribution < -0.4 is 5.32 Å². The Balaban J connectivity index is 2.23. The summed E-state index contributed by atoms with van der Waals surface area (Å²) < 4.78 is 0. The monoisotopic (exact) mass is 226 g/mol. The normalized spacial score (nSPS) is 10.6. The first kappa shape index (κ1) is 12.2. The Bertz CT molecular complexity index is 281. The van der Waals surface area contributed by atoms with Gasteiger partial charge in [0.2, 0.25) is 0 Å². The molecular formula is C11H18N2OS. The molecule has 3 nitrogen and oxygen atoms in total. The Morgan fingerprint density at radius 1 is 1.47 bits per heavy atom. The van der Waals surface area contributed by atoms with Crippen LogP contribution in [0.3, 0.4) is 0 Å². The van der Waals surface area contributed by atoms with Gasteiger partial charge >= 0.3 is 0 Å². The van der Waals surface area contributed by atoms with Gasteiger partial charge in [-0.25, -0.2) is 0 Å². The third-order valence-electron chi connectivity index (χ3n) is 2.39. The second-order valence-corrected chi connectivity index (χ2v) is 4.07. The first-order chi connectivity index (χ1) is 7.27. The van der Waals surface area contributed by atoms with Crippen molar-refractivity contribution >= 4 is 17.2 Å². The largest absolute Gasteiger partial charge is 0.351 e. The van der Waals surface area contributed by atoms with Crippen LogP contribution in [0, 0.1) is 0 Å². The summed E-state index contributed by atoms with van der Waals surface area (Å²) in [5.74, 6) is 0.0309. The molecule has 0 bridgehead atoms. The molecule has 0 aliphatic heterocycles. The van der Waals surface area contributed by atoms with Crippen molar-refractivity contribution in [1.29, 1.82) is 0 Å². The minimum absolute atomic E-state index is 0.0309. The lowest BCUT2D eigenvalue weighted by molar-refractivity contribution is 0.0949. The van der Waals surface area contributed by atoms with E-state index < -0.39 is 0 Å². The zero-order valence-corrected chi connectivity index (χ0v) is 10.1. The van der Waals surface area contributed by atoms with E-state index in [0.29, 0.717) is 0 Å². The van der Waals surface area contributed by atoms with Crippen molar-refractivity contribution in [2.75, 3.05) is 26.2 Å². The first-order valence-electron chi connectivity index (χ1n) is 5.30. The molecule has 1 aromatic heterocycles. The fourth-order valence-electron chi connectivity index (χ4n) is 1.36. The van der Waals surface area contributed by atoms with Crippen molar-refractivity contribution in [2.24, 2.45) is 0 Å². The third-order valence-corrected chi connectivity index (χ3v) is 3.07. The van der Waals surface area contributed by atoms with Gasteiger partial charge in [-0.3, -0.25) is 4.79 Å². The van der Waals surface area contributed by atoms with Gasteiger partial charge in [0.25, 0.3) is 5.91 Å². The average molecular weight is 226 g/mol. The van der Waals surface area contributed by atoms with Crippen molar-refractivity contribution in [1.82, 2.24) is 10.2 Å². The smallest absolute Gasteiger partial charge is 0.252 e. The maximum absolute atomic E-state index is 11.5. The SMILES string of the molecule is CCN(CC)CCNC(=O)c1ccsc1. The summed E-state index contributed by atoms with van der Waals surface area (Å²) in [5.41, 5.74) is 0.763. The molecule has 0 aliphatic carbocycles. The molecular weight excluding hydrogens is 208 g/mol. The lowest BCUT2D eigenvalue weighted by Crippen LogP contribution is -2.34. The number of carbonyl (C=O) groups excluding carboxylic acids is 1. The summed E-state index contributed by atoms with van der Waals surface area (Å²) in [6.07, 6.45) is 0. The number of nitrogens with zero attached hydrogens (tertiary/aromatic N) is 1. The average Bonchev–Trinajstić information content (AvgIpc) is 2.77. The summed E-state index contributed by atoms with van der Waals surface area (Å²) in [5, 5.41) is 6.69. The fourth-order valence-corrected chi connectivity index (χ4v) is 2.00. The molecule has 15 heavy (non-hydrogen) atoms. The lowest BCUT2D eigenvalue weighted by Gasteiger charge is -2.17. The van der Waals surface area contributed by atoms with Crippen LogP contribution in [0.2, 0.25) is 0 Å². The fraction of sp³-hybridized carbons (Fsp3) is 0.545. The highest BCUT2D eigenvalue weighted by Gasteiger charge is 2.05. The molecule has 0 fully saturated rings. The van der Waals surface area contributed by atoms with E-state index in [9.17, 15) is 4.79 Å². The molecule has 1 heterocycles. The van der Waals surface area contributed by atoms with Crippen LogP contribution in [0.5, 0.6) is 0 Å². The molecule has 0 aromatic carbocycles. The molecule has 84 valence electrons. The zero-order chi connectivity index (χ0) is 11.1. The maximum Gasteiger partial charge on any atom is 0.252 e. The number of likely N-dealkylation sites (N-methyl/N-ethyl adjacent to an activating group) is 1. The Kier molecular flexibility index (Phi) is 5.36. The molecule has 0 aliphatic rings. The van der Waals surface area contributed by atoms with Crippen LogP contribution in [-0.2, 0) is 0 Å². The van der Waals surface area contributed by atoms with Gasteiger partial charge in [-0.1, -0.05) is 13.8 Å². The molecule has 0 atom stereocenters. The maximum atomic E-state index is 11.5. The molecule has 0 saturated carbocycles. The molecule has 1 rings (SSSR count).